The van der Waals surface area contributed by atoms with E-state index in [-0.39, 0.29) is 5.54 Å². The van der Waals surface area contributed by atoms with Crippen LogP contribution in [0, 0.1) is 0 Å². The lowest BCUT2D eigenvalue weighted by molar-refractivity contribution is 0.388. The first-order chi connectivity index (χ1) is 7.80. The first-order valence-corrected chi connectivity index (χ1v) is 6.64. The predicted octanol–water partition coefficient (Wildman–Crippen LogP) is 3.55. The fourth-order valence-electron chi connectivity index (χ4n) is 3.20. The summed E-state index contributed by atoms with van der Waals surface area (Å²) in [6.45, 7) is 3.55. The van der Waals surface area contributed by atoms with E-state index in [2.05, 4.69) is 36.5 Å². The highest BCUT2D eigenvalue weighted by Gasteiger charge is 2.34. The molecular formula is C15H21N. The quantitative estimate of drug-likeness (QED) is 0.795. The van der Waals surface area contributed by atoms with Gasteiger partial charge in [-0.2, -0.15) is 0 Å². The van der Waals surface area contributed by atoms with Crippen LogP contribution in [-0.4, -0.2) is 6.54 Å². The molecule has 2 fully saturated rings. The molecule has 1 saturated carbocycles. The van der Waals surface area contributed by atoms with E-state index in [1.165, 1.54) is 38.6 Å². The molecular weight excluding hydrogens is 194 g/mol. The van der Waals surface area contributed by atoms with Gasteiger partial charge in [0, 0.05) is 5.54 Å². The fraction of sp³-hybridized carbons (Fsp3) is 0.600. The maximum absolute atomic E-state index is 3.69. The van der Waals surface area contributed by atoms with Crippen LogP contribution in [0.5, 0.6) is 0 Å². The van der Waals surface area contributed by atoms with Crippen molar-refractivity contribution in [2.24, 2.45) is 0 Å². The van der Waals surface area contributed by atoms with Crippen LogP contribution in [0.15, 0.2) is 24.3 Å². The van der Waals surface area contributed by atoms with E-state index in [0.29, 0.717) is 0 Å². The number of benzene rings is 1. The van der Waals surface area contributed by atoms with Gasteiger partial charge in [0.15, 0.2) is 0 Å². The third kappa shape index (κ3) is 1.58. The molecule has 1 aromatic carbocycles. The zero-order chi connectivity index (χ0) is 11.0. The lowest BCUT2D eigenvalue weighted by Gasteiger charge is -2.34. The zero-order valence-corrected chi connectivity index (χ0v) is 10.1. The summed E-state index contributed by atoms with van der Waals surface area (Å²) < 4.78 is 0. The van der Waals surface area contributed by atoms with Crippen LogP contribution in [0.1, 0.15) is 56.1 Å². The first-order valence-electron chi connectivity index (χ1n) is 6.64. The fourth-order valence-corrected chi connectivity index (χ4v) is 3.20. The Labute approximate surface area is 98.3 Å². The smallest absolute Gasteiger partial charge is 0.0409 e. The normalized spacial score (nSPS) is 30.3. The zero-order valence-electron chi connectivity index (χ0n) is 10.1. The maximum Gasteiger partial charge on any atom is 0.0409 e. The highest BCUT2D eigenvalue weighted by atomic mass is 15.0. The summed E-state index contributed by atoms with van der Waals surface area (Å²) in [4.78, 5) is 0. The molecule has 1 aliphatic heterocycles. The number of nitrogens with one attached hydrogen (secondary N) is 1. The van der Waals surface area contributed by atoms with E-state index in [4.69, 9.17) is 0 Å². The van der Waals surface area contributed by atoms with Crippen molar-refractivity contribution in [1.29, 1.82) is 0 Å². The second-order valence-corrected chi connectivity index (χ2v) is 5.58. The van der Waals surface area contributed by atoms with E-state index < -0.39 is 0 Å². The number of rotatable bonds is 2. The molecule has 1 atom stereocenters. The van der Waals surface area contributed by atoms with Gasteiger partial charge in [0.05, 0.1) is 0 Å². The minimum atomic E-state index is 0.242. The van der Waals surface area contributed by atoms with Crippen molar-refractivity contribution in [2.75, 3.05) is 6.54 Å². The van der Waals surface area contributed by atoms with Gasteiger partial charge in [0.25, 0.3) is 0 Å². The Morgan fingerprint density at radius 2 is 2.00 bits per heavy atom. The van der Waals surface area contributed by atoms with Crippen LogP contribution in [0.3, 0.4) is 0 Å². The van der Waals surface area contributed by atoms with Crippen molar-refractivity contribution in [3.05, 3.63) is 35.4 Å². The third-order valence-electron chi connectivity index (χ3n) is 4.47. The first kappa shape index (κ1) is 10.3. The van der Waals surface area contributed by atoms with Crippen molar-refractivity contribution in [3.63, 3.8) is 0 Å². The van der Waals surface area contributed by atoms with Crippen LogP contribution < -0.4 is 5.32 Å². The molecule has 0 radical (unpaired) electrons. The molecule has 3 rings (SSSR count). The molecule has 0 spiro atoms. The van der Waals surface area contributed by atoms with Gasteiger partial charge < -0.3 is 5.32 Å². The second kappa shape index (κ2) is 3.89. The molecule has 1 saturated heterocycles. The topological polar surface area (TPSA) is 12.0 Å². The highest BCUT2D eigenvalue weighted by Crippen LogP contribution is 2.42. The summed E-state index contributed by atoms with van der Waals surface area (Å²) >= 11 is 0. The standard InChI is InChI=1S/C15H21N/c1-15(10-5-11-16-15)14-9-3-2-8-13(14)12-6-4-7-12/h2-3,8-9,12,16H,4-7,10-11H2,1H3. The molecule has 0 bridgehead atoms. The van der Waals surface area contributed by atoms with Gasteiger partial charge in [0.1, 0.15) is 0 Å². The molecule has 16 heavy (non-hydrogen) atoms. The monoisotopic (exact) mass is 215 g/mol. The Morgan fingerprint density at radius 3 is 2.62 bits per heavy atom. The number of hydrogen-bond donors (Lipinski definition) is 1. The summed E-state index contributed by atoms with van der Waals surface area (Å²) in [7, 11) is 0. The van der Waals surface area contributed by atoms with Gasteiger partial charge in [-0.1, -0.05) is 30.7 Å². The largest absolute Gasteiger partial charge is 0.308 e. The van der Waals surface area contributed by atoms with Crippen molar-refractivity contribution >= 4 is 0 Å². The van der Waals surface area contributed by atoms with E-state index in [9.17, 15) is 0 Å². The third-order valence-corrected chi connectivity index (χ3v) is 4.47. The molecule has 1 aromatic rings. The van der Waals surface area contributed by atoms with Crippen LogP contribution in [0.4, 0.5) is 0 Å². The van der Waals surface area contributed by atoms with Gasteiger partial charge in [0.2, 0.25) is 0 Å². The highest BCUT2D eigenvalue weighted by molar-refractivity contribution is 5.37. The van der Waals surface area contributed by atoms with Crippen molar-refractivity contribution < 1.29 is 0 Å². The Morgan fingerprint density at radius 1 is 1.19 bits per heavy atom. The van der Waals surface area contributed by atoms with E-state index in [1.807, 2.05) is 0 Å². The minimum Gasteiger partial charge on any atom is -0.308 e. The number of hydrogen-bond acceptors (Lipinski definition) is 1. The molecule has 0 amide bonds. The molecule has 0 aromatic heterocycles. The SMILES string of the molecule is CC1(c2ccccc2C2CCC2)CCCN1. The van der Waals surface area contributed by atoms with Crippen molar-refractivity contribution in [3.8, 4) is 0 Å². The maximum atomic E-state index is 3.69. The van der Waals surface area contributed by atoms with Crippen LogP contribution in [0.2, 0.25) is 0 Å². The Bertz CT molecular complexity index is 373. The van der Waals surface area contributed by atoms with Gasteiger partial charge in [-0.25, -0.2) is 0 Å². The Balaban J connectivity index is 1.98. The van der Waals surface area contributed by atoms with Crippen LogP contribution in [-0.2, 0) is 5.54 Å². The molecule has 1 N–H and O–H groups in total. The molecule has 2 aliphatic rings. The van der Waals surface area contributed by atoms with Gasteiger partial charge >= 0.3 is 0 Å². The molecule has 1 heteroatoms. The van der Waals surface area contributed by atoms with Gasteiger partial charge in [-0.05, 0) is 56.2 Å². The lowest BCUT2D eigenvalue weighted by atomic mass is 9.74. The minimum absolute atomic E-state index is 0.242. The van der Waals surface area contributed by atoms with E-state index in [0.717, 1.165) is 5.92 Å². The van der Waals surface area contributed by atoms with Gasteiger partial charge in [-0.3, -0.25) is 0 Å². The predicted molar refractivity (Wildman–Crippen MR) is 67.6 cm³/mol. The van der Waals surface area contributed by atoms with Crippen molar-refractivity contribution in [1.82, 2.24) is 5.32 Å². The molecule has 1 heterocycles. The summed E-state index contributed by atoms with van der Waals surface area (Å²) in [6, 6.07) is 9.09. The summed E-state index contributed by atoms with van der Waals surface area (Å²) in [5, 5.41) is 3.69. The molecule has 1 unspecified atom stereocenters. The Kier molecular flexibility index (Phi) is 2.51. The molecule has 1 nitrogen and oxygen atoms in total. The summed E-state index contributed by atoms with van der Waals surface area (Å²) in [5.74, 6) is 0.843. The summed E-state index contributed by atoms with van der Waals surface area (Å²) in [6.07, 6.45) is 6.82. The lowest BCUT2D eigenvalue weighted by Crippen LogP contribution is -2.35. The Hall–Kier alpha value is -0.820. The van der Waals surface area contributed by atoms with Crippen LogP contribution >= 0.6 is 0 Å². The van der Waals surface area contributed by atoms with Crippen molar-refractivity contribution in [2.45, 2.75) is 50.5 Å². The summed E-state index contributed by atoms with van der Waals surface area (Å²) in [5.41, 5.74) is 3.43. The van der Waals surface area contributed by atoms with E-state index >= 15 is 0 Å². The average Bonchev–Trinajstić information content (AvgIpc) is 2.65. The molecule has 86 valence electrons. The van der Waals surface area contributed by atoms with Gasteiger partial charge in [-0.15, -0.1) is 0 Å². The van der Waals surface area contributed by atoms with E-state index in [1.54, 1.807) is 11.1 Å². The average molecular weight is 215 g/mol. The molecule has 1 aliphatic carbocycles. The second-order valence-electron chi connectivity index (χ2n) is 5.58. The van der Waals surface area contributed by atoms with Crippen LogP contribution in [0.25, 0.3) is 0 Å².